The molecule has 0 radical (unpaired) electrons. The zero-order chi connectivity index (χ0) is 14.9. The van der Waals surface area contributed by atoms with Gasteiger partial charge >= 0.3 is 0 Å². The molecule has 0 saturated carbocycles. The molecular formula is C15H20FNO3S. The van der Waals surface area contributed by atoms with Gasteiger partial charge in [0.25, 0.3) is 0 Å². The summed E-state index contributed by atoms with van der Waals surface area (Å²) in [6.07, 6.45) is 1.79. The number of amides is 1. The Kier molecular flexibility index (Phi) is 6.82. The summed E-state index contributed by atoms with van der Waals surface area (Å²) >= 11 is 1.53. The average Bonchev–Trinajstić information content (AvgIpc) is 2.50. The summed E-state index contributed by atoms with van der Waals surface area (Å²) in [5.74, 6) is 1.58. The van der Waals surface area contributed by atoms with Gasteiger partial charge in [-0.1, -0.05) is 0 Å². The SMILES string of the molecule is O=C(CSCCOc1ccc(F)cc1)NC1CCOCC1. The molecule has 0 aliphatic carbocycles. The fraction of sp³-hybridized carbons (Fsp3) is 0.533. The average molecular weight is 313 g/mol. The third kappa shape index (κ3) is 6.35. The van der Waals surface area contributed by atoms with Crippen LogP contribution in [0.3, 0.4) is 0 Å². The van der Waals surface area contributed by atoms with E-state index in [1.807, 2.05) is 0 Å². The molecule has 6 heteroatoms. The Morgan fingerprint density at radius 2 is 2.05 bits per heavy atom. The van der Waals surface area contributed by atoms with Crippen molar-refractivity contribution in [1.29, 1.82) is 0 Å². The van der Waals surface area contributed by atoms with Crippen LogP contribution in [0.4, 0.5) is 4.39 Å². The predicted molar refractivity (Wildman–Crippen MR) is 81.2 cm³/mol. The predicted octanol–water partition coefficient (Wildman–Crippen LogP) is 2.23. The molecule has 21 heavy (non-hydrogen) atoms. The van der Waals surface area contributed by atoms with E-state index in [2.05, 4.69) is 5.32 Å². The Balaban J connectivity index is 1.52. The second-order valence-electron chi connectivity index (χ2n) is 4.81. The first-order chi connectivity index (χ1) is 10.2. The summed E-state index contributed by atoms with van der Waals surface area (Å²) < 4.78 is 23.4. The Morgan fingerprint density at radius 3 is 2.76 bits per heavy atom. The van der Waals surface area contributed by atoms with E-state index in [0.717, 1.165) is 31.8 Å². The van der Waals surface area contributed by atoms with Crippen LogP contribution in [0.1, 0.15) is 12.8 Å². The lowest BCUT2D eigenvalue weighted by atomic mass is 10.1. The Morgan fingerprint density at radius 1 is 1.33 bits per heavy atom. The molecule has 1 saturated heterocycles. The van der Waals surface area contributed by atoms with Gasteiger partial charge in [0.2, 0.25) is 5.91 Å². The molecule has 116 valence electrons. The van der Waals surface area contributed by atoms with Gasteiger partial charge < -0.3 is 14.8 Å². The number of nitrogens with one attached hydrogen (secondary N) is 1. The molecule has 2 rings (SSSR count). The molecule has 1 aromatic rings. The molecule has 0 unspecified atom stereocenters. The molecule has 0 aromatic heterocycles. The minimum atomic E-state index is -0.276. The number of rotatable bonds is 7. The zero-order valence-electron chi connectivity index (χ0n) is 11.8. The van der Waals surface area contributed by atoms with E-state index in [-0.39, 0.29) is 17.8 Å². The van der Waals surface area contributed by atoms with Crippen LogP contribution in [0.15, 0.2) is 24.3 Å². The number of thioether (sulfide) groups is 1. The number of ether oxygens (including phenoxy) is 2. The van der Waals surface area contributed by atoms with Crippen LogP contribution in [0.25, 0.3) is 0 Å². The second kappa shape index (κ2) is 8.89. The van der Waals surface area contributed by atoms with Crippen molar-refractivity contribution >= 4 is 17.7 Å². The Hall–Kier alpha value is -1.27. The van der Waals surface area contributed by atoms with Crippen LogP contribution in [-0.2, 0) is 9.53 Å². The van der Waals surface area contributed by atoms with E-state index < -0.39 is 0 Å². The fourth-order valence-corrected chi connectivity index (χ4v) is 2.64. The molecule has 1 fully saturated rings. The van der Waals surface area contributed by atoms with Crippen LogP contribution in [0.5, 0.6) is 5.75 Å². The van der Waals surface area contributed by atoms with Crippen molar-refractivity contribution in [3.8, 4) is 5.75 Å². The number of hydrogen-bond acceptors (Lipinski definition) is 4. The molecule has 1 aromatic carbocycles. The lowest BCUT2D eigenvalue weighted by Gasteiger charge is -2.22. The maximum atomic E-state index is 12.7. The molecular weight excluding hydrogens is 293 g/mol. The van der Waals surface area contributed by atoms with Crippen molar-refractivity contribution in [2.75, 3.05) is 31.3 Å². The van der Waals surface area contributed by atoms with Gasteiger partial charge in [-0.15, -0.1) is 11.8 Å². The molecule has 1 amide bonds. The van der Waals surface area contributed by atoms with Gasteiger partial charge in [-0.05, 0) is 37.1 Å². The Labute approximate surface area is 128 Å². The topological polar surface area (TPSA) is 47.6 Å². The monoisotopic (exact) mass is 313 g/mol. The minimum Gasteiger partial charge on any atom is -0.493 e. The lowest BCUT2D eigenvalue weighted by Crippen LogP contribution is -2.39. The number of carbonyl (C=O) groups excluding carboxylic acids is 1. The zero-order valence-corrected chi connectivity index (χ0v) is 12.7. The minimum absolute atomic E-state index is 0.0636. The quantitative estimate of drug-likeness (QED) is 0.784. The second-order valence-corrected chi connectivity index (χ2v) is 5.91. The highest BCUT2D eigenvalue weighted by Gasteiger charge is 2.15. The van der Waals surface area contributed by atoms with Gasteiger partial charge in [0.1, 0.15) is 11.6 Å². The maximum absolute atomic E-state index is 12.7. The molecule has 1 heterocycles. The van der Waals surface area contributed by atoms with Crippen molar-refractivity contribution in [3.63, 3.8) is 0 Å². The number of halogens is 1. The van der Waals surface area contributed by atoms with Crippen molar-refractivity contribution in [2.24, 2.45) is 0 Å². The third-order valence-corrected chi connectivity index (χ3v) is 4.05. The van der Waals surface area contributed by atoms with Crippen LogP contribution in [0.2, 0.25) is 0 Å². The smallest absolute Gasteiger partial charge is 0.230 e. The van der Waals surface area contributed by atoms with Crippen molar-refractivity contribution in [2.45, 2.75) is 18.9 Å². The number of carbonyl (C=O) groups is 1. The van der Waals surface area contributed by atoms with Gasteiger partial charge in [0.15, 0.2) is 0 Å². The van der Waals surface area contributed by atoms with Crippen LogP contribution < -0.4 is 10.1 Å². The van der Waals surface area contributed by atoms with E-state index in [9.17, 15) is 9.18 Å². The molecule has 0 spiro atoms. The van der Waals surface area contributed by atoms with Gasteiger partial charge in [-0.2, -0.15) is 0 Å². The summed E-state index contributed by atoms with van der Waals surface area (Å²) in [7, 11) is 0. The first-order valence-electron chi connectivity index (χ1n) is 7.07. The molecule has 4 nitrogen and oxygen atoms in total. The highest BCUT2D eigenvalue weighted by Crippen LogP contribution is 2.12. The van der Waals surface area contributed by atoms with Crippen molar-refractivity contribution in [1.82, 2.24) is 5.32 Å². The summed E-state index contributed by atoms with van der Waals surface area (Å²) in [6.45, 7) is 1.95. The lowest BCUT2D eigenvalue weighted by molar-refractivity contribution is -0.119. The molecule has 1 aliphatic rings. The maximum Gasteiger partial charge on any atom is 0.230 e. The van der Waals surface area contributed by atoms with Gasteiger partial charge in [0.05, 0.1) is 12.4 Å². The van der Waals surface area contributed by atoms with Crippen molar-refractivity contribution in [3.05, 3.63) is 30.1 Å². The molecule has 1 N–H and O–H groups in total. The summed E-state index contributed by atoms with van der Waals surface area (Å²) in [4.78, 5) is 11.7. The number of hydrogen-bond donors (Lipinski definition) is 1. The van der Waals surface area contributed by atoms with E-state index in [1.54, 1.807) is 12.1 Å². The normalized spacial score (nSPS) is 15.7. The molecule has 0 bridgehead atoms. The summed E-state index contributed by atoms with van der Waals surface area (Å²) in [6, 6.07) is 6.17. The van der Waals surface area contributed by atoms with Crippen LogP contribution in [-0.4, -0.2) is 43.3 Å². The first-order valence-corrected chi connectivity index (χ1v) is 8.23. The van der Waals surface area contributed by atoms with Crippen LogP contribution >= 0.6 is 11.8 Å². The third-order valence-electron chi connectivity index (χ3n) is 3.13. The standard InChI is InChI=1S/C15H20FNO3S/c16-12-1-3-14(4-2-12)20-9-10-21-11-15(18)17-13-5-7-19-8-6-13/h1-4,13H,5-11H2,(H,17,18). The first kappa shape index (κ1) is 16.1. The Bertz CT molecular complexity index is 435. The van der Waals surface area contributed by atoms with Gasteiger partial charge in [-0.3, -0.25) is 4.79 Å². The van der Waals surface area contributed by atoms with Gasteiger partial charge in [0, 0.05) is 25.0 Å². The molecule has 1 aliphatic heterocycles. The summed E-state index contributed by atoms with van der Waals surface area (Å²) in [5, 5.41) is 3.01. The molecule has 0 atom stereocenters. The highest BCUT2D eigenvalue weighted by molar-refractivity contribution is 7.99. The largest absolute Gasteiger partial charge is 0.493 e. The van der Waals surface area contributed by atoms with E-state index >= 15 is 0 Å². The van der Waals surface area contributed by atoms with Crippen molar-refractivity contribution < 1.29 is 18.7 Å². The van der Waals surface area contributed by atoms with Gasteiger partial charge in [-0.25, -0.2) is 4.39 Å². The summed E-state index contributed by atoms with van der Waals surface area (Å²) in [5.41, 5.74) is 0. The van der Waals surface area contributed by atoms with E-state index in [0.29, 0.717) is 18.1 Å². The van der Waals surface area contributed by atoms with E-state index in [4.69, 9.17) is 9.47 Å². The van der Waals surface area contributed by atoms with Crippen LogP contribution in [0, 0.1) is 5.82 Å². The fourth-order valence-electron chi connectivity index (χ4n) is 2.03. The van der Waals surface area contributed by atoms with E-state index in [1.165, 1.54) is 23.9 Å². The number of benzene rings is 1. The highest BCUT2D eigenvalue weighted by atomic mass is 32.2.